The van der Waals surface area contributed by atoms with Gasteiger partial charge in [-0.3, -0.25) is 9.36 Å². The first-order valence-corrected chi connectivity index (χ1v) is 13.9. The van der Waals surface area contributed by atoms with Crippen LogP contribution < -0.4 is 15.8 Å². The topological polar surface area (TPSA) is 75.5 Å². The largest absolute Gasteiger partial charge is 0.376 e. The molecule has 4 aromatic rings. The second-order valence-electron chi connectivity index (χ2n) is 10.5. The van der Waals surface area contributed by atoms with E-state index in [2.05, 4.69) is 52.3 Å². The number of rotatable bonds is 6. The molecule has 8 nitrogen and oxygen atoms in total. The highest BCUT2D eigenvalue weighted by molar-refractivity contribution is 6.30. The average Bonchev–Trinajstić information content (AvgIpc) is 3.45. The number of ether oxygens (including phenoxy) is 1. The van der Waals surface area contributed by atoms with Crippen LogP contribution in [0, 0.1) is 6.92 Å². The number of aryl methyl sites for hydroxylation is 1. The van der Waals surface area contributed by atoms with Crippen molar-refractivity contribution in [2.24, 2.45) is 0 Å². The number of aromatic nitrogens is 3. The summed E-state index contributed by atoms with van der Waals surface area (Å²) in [7, 11) is 2.17. The van der Waals surface area contributed by atoms with E-state index in [1.54, 1.807) is 22.9 Å². The predicted octanol–water partition coefficient (Wildman–Crippen LogP) is 5.09. The molecule has 202 valence electrons. The molecule has 2 aromatic heterocycles. The summed E-state index contributed by atoms with van der Waals surface area (Å²) in [5.74, 6) is 0.453. The zero-order chi connectivity index (χ0) is 26.9. The number of hydrogen-bond donors (Lipinski definition) is 1. The number of nitrogens with one attached hydrogen (secondary N) is 1. The Morgan fingerprint density at radius 1 is 1.08 bits per heavy atom. The number of likely N-dealkylation sites (N-methyl/N-ethyl adjacent to an activating group) is 1. The molecule has 4 heterocycles. The molecule has 2 aliphatic rings. The molecule has 1 N–H and O–H groups in total. The third kappa shape index (κ3) is 5.50. The van der Waals surface area contributed by atoms with Crippen LogP contribution in [0.4, 0.5) is 17.3 Å². The minimum atomic E-state index is -0.0997. The standard InChI is InChI=1S/C30H33ClN6O2/c1-20-16-24(9-10-27(20)36-13-11-35(2)12-14-36)33-30-32-18-22-17-26(21-5-7-23(31)8-6-21)29(38)37(28(22)34-30)19-25-4-3-15-39-25/h5-10,16-18,25H,3-4,11-15,19H2,1-2H3,(H,32,33,34)/t25-/m1/s1. The van der Waals surface area contributed by atoms with Gasteiger partial charge in [-0.05, 0) is 74.3 Å². The zero-order valence-electron chi connectivity index (χ0n) is 22.4. The van der Waals surface area contributed by atoms with Gasteiger partial charge in [0.15, 0.2) is 0 Å². The van der Waals surface area contributed by atoms with E-state index in [0.717, 1.165) is 62.3 Å². The van der Waals surface area contributed by atoms with Gasteiger partial charge in [-0.2, -0.15) is 4.98 Å². The molecule has 0 amide bonds. The molecule has 9 heteroatoms. The van der Waals surface area contributed by atoms with E-state index >= 15 is 0 Å². The number of nitrogens with zero attached hydrogens (tertiary/aromatic N) is 5. The summed E-state index contributed by atoms with van der Waals surface area (Å²) in [4.78, 5) is 28.0. The van der Waals surface area contributed by atoms with Gasteiger partial charge in [-0.1, -0.05) is 23.7 Å². The molecule has 2 fully saturated rings. The maximum atomic E-state index is 13.8. The van der Waals surface area contributed by atoms with Gasteiger partial charge in [-0.25, -0.2) is 4.98 Å². The highest BCUT2D eigenvalue weighted by atomic mass is 35.5. The van der Waals surface area contributed by atoms with Crippen LogP contribution in [0.2, 0.25) is 5.02 Å². The summed E-state index contributed by atoms with van der Waals surface area (Å²) in [6, 6.07) is 15.6. The fourth-order valence-electron chi connectivity index (χ4n) is 5.48. The quantitative estimate of drug-likeness (QED) is 0.362. The molecule has 0 bridgehead atoms. The molecule has 2 aliphatic heterocycles. The van der Waals surface area contributed by atoms with Gasteiger partial charge < -0.3 is 19.9 Å². The van der Waals surface area contributed by atoms with E-state index in [1.807, 2.05) is 18.2 Å². The summed E-state index contributed by atoms with van der Waals surface area (Å²) >= 11 is 6.09. The lowest BCUT2D eigenvalue weighted by atomic mass is 10.1. The number of halogens is 1. The first-order chi connectivity index (χ1) is 18.9. The molecule has 0 saturated carbocycles. The molecule has 1 atom stereocenters. The normalized spacial score (nSPS) is 18.1. The van der Waals surface area contributed by atoms with Crippen molar-refractivity contribution in [2.45, 2.75) is 32.4 Å². The van der Waals surface area contributed by atoms with Crippen molar-refractivity contribution in [3.63, 3.8) is 0 Å². The van der Waals surface area contributed by atoms with Gasteiger partial charge >= 0.3 is 0 Å². The Labute approximate surface area is 233 Å². The minimum absolute atomic E-state index is 0.0116. The highest BCUT2D eigenvalue weighted by Gasteiger charge is 2.21. The SMILES string of the molecule is Cc1cc(Nc2ncc3cc(-c4ccc(Cl)cc4)c(=O)n(C[C@H]4CCCO4)c3n2)ccc1N1CCN(C)CC1. The Bertz CT molecular complexity index is 1540. The second kappa shape index (κ2) is 11.0. The van der Waals surface area contributed by atoms with Gasteiger partial charge in [0.25, 0.3) is 5.56 Å². The van der Waals surface area contributed by atoms with Gasteiger partial charge in [0.05, 0.1) is 12.6 Å². The maximum absolute atomic E-state index is 13.8. The van der Waals surface area contributed by atoms with Crippen molar-refractivity contribution in [1.29, 1.82) is 0 Å². The van der Waals surface area contributed by atoms with Crippen LogP contribution in [0.3, 0.4) is 0 Å². The summed E-state index contributed by atoms with van der Waals surface area (Å²) in [5, 5.41) is 4.78. The Hall–Kier alpha value is -3.46. The van der Waals surface area contributed by atoms with Crippen molar-refractivity contribution < 1.29 is 4.74 Å². The van der Waals surface area contributed by atoms with Crippen molar-refractivity contribution in [3.8, 4) is 11.1 Å². The van der Waals surface area contributed by atoms with Gasteiger partial charge in [0.1, 0.15) is 5.65 Å². The molecule has 0 spiro atoms. The molecule has 39 heavy (non-hydrogen) atoms. The fraction of sp³-hybridized carbons (Fsp3) is 0.367. The summed E-state index contributed by atoms with van der Waals surface area (Å²) in [6.45, 7) is 7.49. The Morgan fingerprint density at radius 2 is 1.87 bits per heavy atom. The van der Waals surface area contributed by atoms with Crippen LogP contribution in [0.1, 0.15) is 18.4 Å². The number of anilines is 3. The third-order valence-corrected chi connectivity index (χ3v) is 7.94. The molecule has 2 saturated heterocycles. The molecule has 0 radical (unpaired) electrons. The van der Waals surface area contributed by atoms with Crippen LogP contribution in [0.25, 0.3) is 22.2 Å². The minimum Gasteiger partial charge on any atom is -0.376 e. The van der Waals surface area contributed by atoms with E-state index < -0.39 is 0 Å². The highest BCUT2D eigenvalue weighted by Crippen LogP contribution is 2.27. The van der Waals surface area contributed by atoms with E-state index in [-0.39, 0.29) is 11.7 Å². The van der Waals surface area contributed by atoms with Crippen LogP contribution in [0.5, 0.6) is 0 Å². The smallest absolute Gasteiger partial charge is 0.260 e. The first kappa shape index (κ1) is 25.8. The molecule has 2 aromatic carbocycles. The lowest BCUT2D eigenvalue weighted by Gasteiger charge is -2.35. The van der Waals surface area contributed by atoms with Crippen LogP contribution in [-0.2, 0) is 11.3 Å². The van der Waals surface area contributed by atoms with Crippen molar-refractivity contribution in [1.82, 2.24) is 19.4 Å². The van der Waals surface area contributed by atoms with Gasteiger partial charge in [-0.15, -0.1) is 0 Å². The summed E-state index contributed by atoms with van der Waals surface area (Å²) in [6.07, 6.45) is 3.69. The number of fused-ring (bicyclic) bond motifs is 1. The Balaban J connectivity index is 1.33. The van der Waals surface area contributed by atoms with E-state index in [4.69, 9.17) is 21.3 Å². The van der Waals surface area contributed by atoms with Crippen LogP contribution >= 0.6 is 11.6 Å². The zero-order valence-corrected chi connectivity index (χ0v) is 23.1. The third-order valence-electron chi connectivity index (χ3n) is 7.69. The molecule has 6 rings (SSSR count). The second-order valence-corrected chi connectivity index (χ2v) is 10.9. The van der Waals surface area contributed by atoms with Crippen molar-refractivity contribution >= 4 is 40.0 Å². The number of piperazine rings is 1. The average molecular weight is 545 g/mol. The van der Waals surface area contributed by atoms with Crippen molar-refractivity contribution in [2.75, 3.05) is 50.1 Å². The molecule has 0 unspecified atom stereocenters. The van der Waals surface area contributed by atoms with E-state index in [0.29, 0.717) is 28.7 Å². The monoisotopic (exact) mass is 544 g/mol. The molecular formula is C30H33ClN6O2. The molecule has 0 aliphatic carbocycles. The van der Waals surface area contributed by atoms with Gasteiger partial charge in [0, 0.05) is 66.3 Å². The van der Waals surface area contributed by atoms with Crippen LogP contribution in [-0.4, -0.2) is 65.4 Å². The number of pyridine rings is 1. The van der Waals surface area contributed by atoms with Crippen molar-refractivity contribution in [3.05, 3.63) is 75.7 Å². The lowest BCUT2D eigenvalue weighted by molar-refractivity contribution is 0.0971. The predicted molar refractivity (Wildman–Crippen MR) is 157 cm³/mol. The van der Waals surface area contributed by atoms with E-state index in [1.165, 1.54) is 11.3 Å². The molecular weight excluding hydrogens is 512 g/mol. The van der Waals surface area contributed by atoms with Gasteiger partial charge in [0.2, 0.25) is 5.95 Å². The lowest BCUT2D eigenvalue weighted by Crippen LogP contribution is -2.44. The van der Waals surface area contributed by atoms with E-state index in [9.17, 15) is 4.79 Å². The fourth-order valence-corrected chi connectivity index (χ4v) is 5.61. The first-order valence-electron chi connectivity index (χ1n) is 13.5. The Morgan fingerprint density at radius 3 is 2.59 bits per heavy atom. The number of hydrogen-bond acceptors (Lipinski definition) is 7. The summed E-state index contributed by atoms with van der Waals surface area (Å²) < 4.78 is 7.63. The number of benzene rings is 2. The summed E-state index contributed by atoms with van der Waals surface area (Å²) in [5.41, 5.74) is 5.27. The maximum Gasteiger partial charge on any atom is 0.260 e. The van der Waals surface area contributed by atoms with Crippen LogP contribution in [0.15, 0.2) is 59.5 Å². The Kier molecular flexibility index (Phi) is 7.25.